The molecular formula is C16H32N2O3. The minimum absolute atomic E-state index is 0.109. The third kappa shape index (κ3) is 5.49. The van der Waals surface area contributed by atoms with Crippen molar-refractivity contribution in [3.8, 4) is 0 Å². The molecule has 2 N–H and O–H groups in total. The zero-order valence-electron chi connectivity index (χ0n) is 13.6. The topological polar surface area (TPSA) is 54.0 Å². The molecule has 0 aliphatic heterocycles. The lowest BCUT2D eigenvalue weighted by Gasteiger charge is -2.39. The molecule has 1 unspecified atom stereocenters. The van der Waals surface area contributed by atoms with E-state index >= 15 is 0 Å². The molecule has 0 saturated heterocycles. The van der Waals surface area contributed by atoms with Gasteiger partial charge in [-0.3, -0.25) is 4.90 Å². The zero-order chi connectivity index (χ0) is 15.1. The molecule has 0 spiro atoms. The van der Waals surface area contributed by atoms with Crippen molar-refractivity contribution in [1.82, 2.24) is 10.2 Å². The van der Waals surface area contributed by atoms with E-state index in [-0.39, 0.29) is 12.1 Å². The van der Waals surface area contributed by atoms with E-state index in [4.69, 9.17) is 9.47 Å². The van der Waals surface area contributed by atoms with E-state index in [0.717, 1.165) is 39.3 Å². The summed E-state index contributed by atoms with van der Waals surface area (Å²) in [6.07, 6.45) is 6.04. The van der Waals surface area contributed by atoms with Gasteiger partial charge in [-0.05, 0) is 38.0 Å². The molecule has 21 heavy (non-hydrogen) atoms. The lowest BCUT2D eigenvalue weighted by atomic mass is 9.92. The van der Waals surface area contributed by atoms with Crippen LogP contribution in [0.15, 0.2) is 0 Å². The van der Waals surface area contributed by atoms with Crippen LogP contribution in [0.25, 0.3) is 0 Å². The molecule has 0 aromatic carbocycles. The summed E-state index contributed by atoms with van der Waals surface area (Å²) in [6, 6.07) is 0.626. The van der Waals surface area contributed by atoms with Gasteiger partial charge in [0.15, 0.2) is 0 Å². The van der Waals surface area contributed by atoms with Gasteiger partial charge >= 0.3 is 0 Å². The molecule has 0 heterocycles. The maximum Gasteiger partial charge on any atom is 0.0628 e. The van der Waals surface area contributed by atoms with Crippen molar-refractivity contribution in [2.75, 3.05) is 53.7 Å². The van der Waals surface area contributed by atoms with E-state index in [2.05, 4.69) is 10.2 Å². The largest absolute Gasteiger partial charge is 0.394 e. The van der Waals surface area contributed by atoms with Crippen LogP contribution in [0.5, 0.6) is 0 Å². The van der Waals surface area contributed by atoms with Gasteiger partial charge in [-0.1, -0.05) is 0 Å². The third-order valence-electron chi connectivity index (χ3n) is 4.65. The molecule has 0 bridgehead atoms. The van der Waals surface area contributed by atoms with Gasteiger partial charge < -0.3 is 19.9 Å². The first-order valence-electron chi connectivity index (χ1n) is 8.33. The van der Waals surface area contributed by atoms with Gasteiger partial charge in [-0.25, -0.2) is 0 Å². The van der Waals surface area contributed by atoms with E-state index in [1.807, 2.05) is 0 Å². The molecular weight excluding hydrogens is 268 g/mol. The average Bonchev–Trinajstić information content (AvgIpc) is 3.37. The summed E-state index contributed by atoms with van der Waals surface area (Å²) >= 11 is 0. The minimum atomic E-state index is -0.109. The van der Waals surface area contributed by atoms with Gasteiger partial charge in [-0.2, -0.15) is 0 Å². The van der Waals surface area contributed by atoms with Crippen LogP contribution in [-0.2, 0) is 9.47 Å². The number of nitrogens with one attached hydrogen (secondary N) is 1. The summed E-state index contributed by atoms with van der Waals surface area (Å²) in [4.78, 5) is 2.42. The number of aliphatic hydroxyl groups is 1. The molecule has 124 valence electrons. The highest BCUT2D eigenvalue weighted by molar-refractivity contribution is 5.06. The van der Waals surface area contributed by atoms with E-state index in [9.17, 15) is 5.11 Å². The Kier molecular flexibility index (Phi) is 6.89. The molecule has 0 aromatic heterocycles. The highest BCUT2D eigenvalue weighted by atomic mass is 16.5. The Labute approximate surface area is 129 Å². The number of hydrogen-bond donors (Lipinski definition) is 2. The second-order valence-electron chi connectivity index (χ2n) is 6.62. The monoisotopic (exact) mass is 300 g/mol. The van der Waals surface area contributed by atoms with Crippen LogP contribution in [0.3, 0.4) is 0 Å². The quantitative estimate of drug-likeness (QED) is 0.494. The fraction of sp³-hybridized carbons (Fsp3) is 1.00. The van der Waals surface area contributed by atoms with Crippen LogP contribution in [-0.4, -0.2) is 75.3 Å². The molecule has 5 heteroatoms. The Hall–Kier alpha value is -0.200. The van der Waals surface area contributed by atoms with Gasteiger partial charge in [-0.15, -0.1) is 0 Å². The van der Waals surface area contributed by atoms with Crippen molar-refractivity contribution in [2.24, 2.45) is 5.92 Å². The first-order valence-corrected chi connectivity index (χ1v) is 8.33. The predicted molar refractivity (Wildman–Crippen MR) is 83.5 cm³/mol. The van der Waals surface area contributed by atoms with Crippen molar-refractivity contribution in [3.05, 3.63) is 0 Å². The first kappa shape index (κ1) is 17.2. The van der Waals surface area contributed by atoms with Crippen LogP contribution in [0.1, 0.15) is 32.1 Å². The number of ether oxygens (including phenoxy) is 2. The van der Waals surface area contributed by atoms with Crippen molar-refractivity contribution >= 4 is 0 Å². The predicted octanol–water partition coefficient (Wildman–Crippen LogP) is 0.864. The molecule has 2 saturated carbocycles. The maximum absolute atomic E-state index is 10.1. The third-order valence-corrected chi connectivity index (χ3v) is 4.65. The summed E-state index contributed by atoms with van der Waals surface area (Å²) in [6.45, 7) is 4.59. The molecule has 0 aromatic rings. The van der Waals surface area contributed by atoms with E-state index < -0.39 is 0 Å². The van der Waals surface area contributed by atoms with Gasteiger partial charge in [0.1, 0.15) is 0 Å². The lowest BCUT2D eigenvalue weighted by Crippen LogP contribution is -2.59. The second kappa shape index (κ2) is 8.44. The van der Waals surface area contributed by atoms with E-state index in [0.29, 0.717) is 12.0 Å². The van der Waals surface area contributed by atoms with Crippen molar-refractivity contribution in [2.45, 2.75) is 43.7 Å². The van der Waals surface area contributed by atoms with Gasteiger partial charge in [0.2, 0.25) is 0 Å². The van der Waals surface area contributed by atoms with Gasteiger partial charge in [0.25, 0.3) is 0 Å². The average molecular weight is 300 g/mol. The lowest BCUT2D eigenvalue weighted by molar-refractivity contribution is 0.0673. The van der Waals surface area contributed by atoms with Crippen LogP contribution in [0.2, 0.25) is 0 Å². The first-order chi connectivity index (χ1) is 10.2. The van der Waals surface area contributed by atoms with Crippen molar-refractivity contribution < 1.29 is 14.6 Å². The fourth-order valence-corrected chi connectivity index (χ4v) is 3.11. The molecule has 2 rings (SSSR count). The number of rotatable bonds is 13. The Bertz CT molecular complexity index is 295. The van der Waals surface area contributed by atoms with E-state index in [1.165, 1.54) is 25.7 Å². The zero-order valence-corrected chi connectivity index (χ0v) is 13.6. The van der Waals surface area contributed by atoms with Gasteiger partial charge in [0, 0.05) is 46.5 Å². The van der Waals surface area contributed by atoms with E-state index in [1.54, 1.807) is 14.2 Å². The van der Waals surface area contributed by atoms with Gasteiger partial charge in [0.05, 0.1) is 18.8 Å². The highest BCUT2D eigenvalue weighted by Crippen LogP contribution is 2.41. The summed E-state index contributed by atoms with van der Waals surface area (Å²) in [5.41, 5.74) is -0.109. The Morgan fingerprint density at radius 3 is 2.33 bits per heavy atom. The molecule has 0 amide bonds. The number of hydrogen-bond acceptors (Lipinski definition) is 5. The summed E-state index contributed by atoms with van der Waals surface area (Å²) < 4.78 is 10.4. The number of aliphatic hydroxyl groups excluding tert-OH is 1. The Morgan fingerprint density at radius 2 is 1.81 bits per heavy atom. The van der Waals surface area contributed by atoms with Crippen LogP contribution >= 0.6 is 0 Å². The van der Waals surface area contributed by atoms with Crippen molar-refractivity contribution in [3.63, 3.8) is 0 Å². The summed E-state index contributed by atoms with van der Waals surface area (Å²) in [7, 11) is 3.49. The Balaban J connectivity index is 1.91. The normalized spacial score (nSPS) is 21.7. The standard InChI is InChI=1S/C16H32N2O3/c1-20-10-3-8-18(9-11-21-2)12-16(13-19,14-4-5-14)17-15-6-7-15/h14-15,17,19H,3-13H2,1-2H3. The second-order valence-corrected chi connectivity index (χ2v) is 6.62. The smallest absolute Gasteiger partial charge is 0.0628 e. The van der Waals surface area contributed by atoms with Crippen molar-refractivity contribution in [1.29, 1.82) is 0 Å². The maximum atomic E-state index is 10.1. The summed E-state index contributed by atoms with van der Waals surface area (Å²) in [5.74, 6) is 0.635. The summed E-state index contributed by atoms with van der Waals surface area (Å²) in [5, 5.41) is 13.8. The molecule has 1 atom stereocenters. The molecule has 2 aliphatic rings. The number of nitrogens with zero attached hydrogens (tertiary/aromatic N) is 1. The fourth-order valence-electron chi connectivity index (χ4n) is 3.11. The van der Waals surface area contributed by atoms with Crippen LogP contribution in [0, 0.1) is 5.92 Å². The highest BCUT2D eigenvalue weighted by Gasteiger charge is 2.47. The van der Waals surface area contributed by atoms with Crippen LogP contribution in [0.4, 0.5) is 0 Å². The minimum Gasteiger partial charge on any atom is -0.394 e. The molecule has 2 fully saturated rings. The Morgan fingerprint density at radius 1 is 1.10 bits per heavy atom. The molecule has 2 aliphatic carbocycles. The van der Waals surface area contributed by atoms with Crippen LogP contribution < -0.4 is 5.32 Å². The molecule has 5 nitrogen and oxygen atoms in total. The molecule has 0 radical (unpaired) electrons. The SMILES string of the molecule is COCCCN(CCOC)CC(CO)(NC1CC1)C1CC1. The number of methoxy groups -OCH3 is 2.